The van der Waals surface area contributed by atoms with E-state index in [0.29, 0.717) is 11.3 Å². The Morgan fingerprint density at radius 3 is 2.84 bits per heavy atom. The molecule has 0 fully saturated rings. The van der Waals surface area contributed by atoms with Crippen LogP contribution >= 0.6 is 0 Å². The molecule has 0 aliphatic carbocycles. The first-order valence-corrected chi connectivity index (χ1v) is 10.4. The summed E-state index contributed by atoms with van der Waals surface area (Å²) in [5.41, 5.74) is 1.25. The molecule has 0 radical (unpaired) electrons. The summed E-state index contributed by atoms with van der Waals surface area (Å²) in [5.74, 6) is -0.986. The highest BCUT2D eigenvalue weighted by Gasteiger charge is 2.36. The Balaban J connectivity index is 1.95. The molecule has 12 heteroatoms. The van der Waals surface area contributed by atoms with Crippen molar-refractivity contribution in [3.8, 4) is 11.8 Å². The van der Waals surface area contributed by atoms with Crippen LogP contribution < -0.4 is 14.8 Å². The Labute approximate surface area is 176 Å². The Hall–Kier alpha value is -3.27. The van der Waals surface area contributed by atoms with Crippen molar-refractivity contribution >= 4 is 21.6 Å². The number of aliphatic hydroxyl groups excluding tert-OH is 1. The van der Waals surface area contributed by atoms with Crippen LogP contribution in [0.5, 0.6) is 5.75 Å². The minimum absolute atomic E-state index is 0.137. The lowest BCUT2D eigenvalue weighted by molar-refractivity contribution is 0.101. The largest absolute Gasteiger partial charge is 0.488 e. The van der Waals surface area contributed by atoms with Gasteiger partial charge in [0, 0.05) is 25.0 Å². The maximum atomic E-state index is 12.9. The van der Waals surface area contributed by atoms with E-state index in [4.69, 9.17) is 10.00 Å². The summed E-state index contributed by atoms with van der Waals surface area (Å²) in [6.45, 7) is 1.24. The number of rotatable bonds is 4. The van der Waals surface area contributed by atoms with E-state index in [1.165, 1.54) is 17.7 Å². The standard InChI is InChI=1S/C19H18F2N4O5S/c1-10-3-4-12(5-11(10)7-22)23-19(27)17-18-15(8-25(17)2)31(28,29)24-13(9-30-18)14(26)6-16(20)21/h3-6,8,13-14,24,26H,9H2,1-2H3,(H,23,27). The number of hydrogen-bond acceptors (Lipinski definition) is 6. The summed E-state index contributed by atoms with van der Waals surface area (Å²) in [6, 6.07) is 5.31. The van der Waals surface area contributed by atoms with Crippen LogP contribution in [0, 0.1) is 18.3 Å². The zero-order chi connectivity index (χ0) is 22.9. The van der Waals surface area contributed by atoms with Gasteiger partial charge < -0.3 is 19.7 Å². The maximum absolute atomic E-state index is 12.9. The number of amides is 1. The van der Waals surface area contributed by atoms with E-state index in [0.717, 1.165) is 11.8 Å². The summed E-state index contributed by atoms with van der Waals surface area (Å²) in [7, 11) is -2.85. The van der Waals surface area contributed by atoms with Gasteiger partial charge in [0.25, 0.3) is 12.0 Å². The first-order chi connectivity index (χ1) is 14.5. The Bertz CT molecular complexity index is 1210. The lowest BCUT2D eigenvalue weighted by Crippen LogP contribution is -2.44. The SMILES string of the molecule is Cc1ccc(NC(=O)c2c3c(cn2C)S(=O)(=O)NC(C(O)C=C(F)F)CO3)cc1C#N. The van der Waals surface area contributed by atoms with Gasteiger partial charge in [-0.2, -0.15) is 14.0 Å². The van der Waals surface area contributed by atoms with Crippen LogP contribution in [-0.4, -0.2) is 42.8 Å². The molecular weight excluding hydrogens is 434 g/mol. The van der Waals surface area contributed by atoms with Gasteiger partial charge in [0.15, 0.2) is 11.4 Å². The number of nitrogens with zero attached hydrogens (tertiary/aromatic N) is 2. The number of anilines is 1. The van der Waals surface area contributed by atoms with E-state index in [-0.39, 0.29) is 22.4 Å². The second kappa shape index (κ2) is 8.46. The number of halogens is 2. The Morgan fingerprint density at radius 2 is 2.19 bits per heavy atom. The van der Waals surface area contributed by atoms with E-state index >= 15 is 0 Å². The zero-order valence-corrected chi connectivity index (χ0v) is 17.2. The maximum Gasteiger partial charge on any atom is 0.276 e. The van der Waals surface area contributed by atoms with Crippen molar-refractivity contribution in [1.29, 1.82) is 5.26 Å². The predicted molar refractivity (Wildman–Crippen MR) is 105 cm³/mol. The van der Waals surface area contributed by atoms with Gasteiger partial charge in [-0.3, -0.25) is 4.79 Å². The van der Waals surface area contributed by atoms with Crippen molar-refractivity contribution in [3.63, 3.8) is 0 Å². The average molecular weight is 452 g/mol. The molecule has 3 N–H and O–H groups in total. The number of nitriles is 1. The minimum Gasteiger partial charge on any atom is -0.488 e. The molecule has 164 valence electrons. The number of carbonyl (C=O) groups excluding carboxylic acids is 1. The van der Waals surface area contributed by atoms with E-state index < -0.39 is 40.8 Å². The van der Waals surface area contributed by atoms with Crippen LogP contribution in [0.4, 0.5) is 14.5 Å². The normalized spacial score (nSPS) is 18.0. The highest BCUT2D eigenvalue weighted by Crippen LogP contribution is 2.33. The van der Waals surface area contributed by atoms with Gasteiger partial charge >= 0.3 is 0 Å². The van der Waals surface area contributed by atoms with E-state index in [9.17, 15) is 27.1 Å². The first-order valence-electron chi connectivity index (χ1n) is 8.91. The van der Waals surface area contributed by atoms with Gasteiger partial charge in [0.1, 0.15) is 11.5 Å². The number of benzene rings is 1. The van der Waals surface area contributed by atoms with Crippen molar-refractivity contribution in [2.24, 2.45) is 7.05 Å². The highest BCUT2D eigenvalue weighted by atomic mass is 32.2. The molecule has 31 heavy (non-hydrogen) atoms. The lowest BCUT2D eigenvalue weighted by Gasteiger charge is -2.18. The molecule has 1 aromatic carbocycles. The number of carbonyl (C=O) groups is 1. The van der Waals surface area contributed by atoms with E-state index in [1.807, 2.05) is 6.07 Å². The molecule has 2 heterocycles. The zero-order valence-electron chi connectivity index (χ0n) is 16.4. The second-order valence-electron chi connectivity index (χ2n) is 6.86. The van der Waals surface area contributed by atoms with Crippen molar-refractivity contribution in [2.75, 3.05) is 11.9 Å². The van der Waals surface area contributed by atoms with Crippen molar-refractivity contribution in [1.82, 2.24) is 9.29 Å². The second-order valence-corrected chi connectivity index (χ2v) is 8.55. The molecule has 1 aromatic heterocycles. The fourth-order valence-electron chi connectivity index (χ4n) is 3.06. The molecule has 0 bridgehead atoms. The number of aromatic nitrogens is 1. The minimum atomic E-state index is -4.29. The van der Waals surface area contributed by atoms with Crippen LogP contribution in [0.3, 0.4) is 0 Å². The molecule has 0 spiro atoms. The fraction of sp³-hybridized carbons (Fsp3) is 0.263. The summed E-state index contributed by atoms with van der Waals surface area (Å²) < 4.78 is 59.1. The van der Waals surface area contributed by atoms with Crippen LogP contribution in [0.1, 0.15) is 21.6 Å². The summed E-state index contributed by atoms with van der Waals surface area (Å²) in [4.78, 5) is 12.5. The van der Waals surface area contributed by atoms with Crippen molar-refractivity contribution in [3.05, 3.63) is 53.4 Å². The molecule has 0 saturated heterocycles. The molecule has 9 nitrogen and oxygen atoms in total. The van der Waals surface area contributed by atoms with Crippen molar-refractivity contribution in [2.45, 2.75) is 24.0 Å². The summed E-state index contributed by atoms with van der Waals surface area (Å²) in [6.07, 6.45) is -2.68. The monoisotopic (exact) mass is 452 g/mol. The third kappa shape index (κ3) is 4.58. The summed E-state index contributed by atoms with van der Waals surface area (Å²) in [5, 5.41) is 21.6. The third-order valence-corrected chi connectivity index (χ3v) is 6.13. The first kappa shape index (κ1) is 22.4. The lowest BCUT2D eigenvalue weighted by atomic mass is 10.1. The number of hydrogen-bond donors (Lipinski definition) is 3. The molecule has 1 aliphatic heterocycles. The van der Waals surface area contributed by atoms with Gasteiger partial charge in [0.05, 0.1) is 23.8 Å². The highest BCUT2D eigenvalue weighted by molar-refractivity contribution is 7.89. The molecule has 1 amide bonds. The molecule has 3 rings (SSSR count). The van der Waals surface area contributed by atoms with Crippen LogP contribution in [0.2, 0.25) is 0 Å². The molecule has 0 saturated carbocycles. The number of nitrogens with one attached hydrogen (secondary N) is 2. The Kier molecular flexibility index (Phi) is 6.12. The van der Waals surface area contributed by atoms with Gasteiger partial charge in [-0.15, -0.1) is 0 Å². The molecule has 2 unspecified atom stereocenters. The Morgan fingerprint density at radius 1 is 1.48 bits per heavy atom. The topological polar surface area (TPSA) is 133 Å². The molecule has 2 aromatic rings. The number of sulfonamides is 1. The smallest absolute Gasteiger partial charge is 0.276 e. The van der Waals surface area contributed by atoms with Crippen LogP contribution in [0.25, 0.3) is 0 Å². The van der Waals surface area contributed by atoms with Crippen LogP contribution in [0.15, 0.2) is 41.4 Å². The quantitative estimate of drug-likeness (QED) is 0.646. The van der Waals surface area contributed by atoms with Gasteiger partial charge in [-0.25, -0.2) is 13.1 Å². The predicted octanol–water partition coefficient (Wildman–Crippen LogP) is 1.64. The van der Waals surface area contributed by atoms with Crippen molar-refractivity contribution < 1.29 is 31.8 Å². The number of aliphatic hydroxyl groups is 1. The molecule has 1 aliphatic rings. The van der Waals surface area contributed by atoms with Crippen LogP contribution in [-0.2, 0) is 17.1 Å². The average Bonchev–Trinajstić information content (AvgIpc) is 2.96. The number of fused-ring (bicyclic) bond motifs is 1. The fourth-order valence-corrected chi connectivity index (χ4v) is 4.49. The number of ether oxygens (including phenoxy) is 1. The summed E-state index contributed by atoms with van der Waals surface area (Å²) >= 11 is 0. The van der Waals surface area contributed by atoms with E-state index in [1.54, 1.807) is 19.1 Å². The van der Waals surface area contributed by atoms with Gasteiger partial charge in [-0.1, -0.05) is 6.07 Å². The third-order valence-electron chi connectivity index (χ3n) is 4.65. The van der Waals surface area contributed by atoms with Gasteiger partial charge in [0.2, 0.25) is 10.0 Å². The number of aryl methyl sites for hydroxylation is 2. The molecule has 2 atom stereocenters. The van der Waals surface area contributed by atoms with E-state index in [2.05, 4.69) is 10.0 Å². The molecular formula is C19H18F2N4O5S. The van der Waals surface area contributed by atoms with Gasteiger partial charge in [-0.05, 0) is 24.6 Å².